The van der Waals surface area contributed by atoms with E-state index in [1.165, 1.54) is 0 Å². The van der Waals surface area contributed by atoms with Crippen LogP contribution in [0.4, 0.5) is 0 Å². The van der Waals surface area contributed by atoms with Gasteiger partial charge in [-0.05, 0) is 86.2 Å². The summed E-state index contributed by atoms with van der Waals surface area (Å²) in [5, 5.41) is 23.9. The van der Waals surface area contributed by atoms with Crippen molar-refractivity contribution in [3.8, 4) is 0 Å². The number of carbonyl (C=O) groups excluding carboxylic acids is 1. The molecule has 0 spiro atoms. The third kappa shape index (κ3) is 17.0. The van der Waals surface area contributed by atoms with E-state index < -0.39 is 6.61 Å². The second-order valence-electron chi connectivity index (χ2n) is 9.72. The summed E-state index contributed by atoms with van der Waals surface area (Å²) in [6.07, 6.45) is 6.99. The summed E-state index contributed by atoms with van der Waals surface area (Å²) in [6, 6.07) is 0. The molecule has 0 aliphatic rings. The monoisotopic (exact) mass is 431 g/mol. The first-order valence-corrected chi connectivity index (χ1v) is 11.7. The predicted octanol–water partition coefficient (Wildman–Crippen LogP) is 2.30. The smallest absolute Gasteiger partial charge is 0.245 e. The summed E-state index contributed by atoms with van der Waals surface area (Å²) in [6.45, 7) is 16.3. The number of aliphatic hydroxyl groups excluding tert-OH is 2. The molecule has 1 amide bonds. The second-order valence-corrected chi connectivity index (χ2v) is 9.72. The molecule has 0 aromatic carbocycles. The summed E-state index contributed by atoms with van der Waals surface area (Å²) in [5.74, 6) is -0.299. The van der Waals surface area contributed by atoms with Crippen LogP contribution >= 0.6 is 0 Å². The lowest BCUT2D eigenvalue weighted by Gasteiger charge is -2.41. The van der Waals surface area contributed by atoms with E-state index in [2.05, 4.69) is 50.2 Å². The van der Waals surface area contributed by atoms with Crippen LogP contribution in [0.2, 0.25) is 0 Å². The van der Waals surface area contributed by atoms with Gasteiger partial charge in [-0.2, -0.15) is 0 Å². The van der Waals surface area contributed by atoms with Crippen LogP contribution < -0.4 is 10.6 Å². The molecular formula is C23H49N3O4. The van der Waals surface area contributed by atoms with Gasteiger partial charge in [0.05, 0.1) is 0 Å². The van der Waals surface area contributed by atoms with Gasteiger partial charge < -0.3 is 25.6 Å². The first-order valence-electron chi connectivity index (χ1n) is 11.7. The topological polar surface area (TPSA) is 94.1 Å². The van der Waals surface area contributed by atoms with Crippen LogP contribution in [0.15, 0.2) is 0 Å². The maximum absolute atomic E-state index is 11.0. The second kappa shape index (κ2) is 16.9. The summed E-state index contributed by atoms with van der Waals surface area (Å²) in [7, 11) is 0. The van der Waals surface area contributed by atoms with Gasteiger partial charge in [-0.3, -0.25) is 9.69 Å². The molecule has 7 heteroatoms. The van der Waals surface area contributed by atoms with Crippen molar-refractivity contribution < 1.29 is 19.7 Å². The molecule has 0 aliphatic heterocycles. The van der Waals surface area contributed by atoms with Crippen LogP contribution in [0.3, 0.4) is 0 Å². The van der Waals surface area contributed by atoms with Crippen LogP contribution in [-0.2, 0) is 9.53 Å². The fourth-order valence-electron chi connectivity index (χ4n) is 3.25. The minimum absolute atomic E-state index is 0.0321. The minimum atomic E-state index is -0.433. The van der Waals surface area contributed by atoms with Crippen LogP contribution in [0.1, 0.15) is 79.6 Å². The van der Waals surface area contributed by atoms with Crippen LogP contribution in [0, 0.1) is 0 Å². The van der Waals surface area contributed by atoms with Gasteiger partial charge >= 0.3 is 0 Å². The third-order valence-electron chi connectivity index (χ3n) is 5.12. The molecular weight excluding hydrogens is 382 g/mol. The Bertz CT molecular complexity index is 425. The van der Waals surface area contributed by atoms with Gasteiger partial charge in [-0.1, -0.05) is 6.42 Å². The summed E-state index contributed by atoms with van der Waals surface area (Å²) in [4.78, 5) is 13.6. The molecule has 4 N–H and O–H groups in total. The van der Waals surface area contributed by atoms with Crippen molar-refractivity contribution in [2.24, 2.45) is 0 Å². The predicted molar refractivity (Wildman–Crippen MR) is 124 cm³/mol. The zero-order valence-electron chi connectivity index (χ0n) is 20.3. The molecule has 180 valence electrons. The molecule has 0 heterocycles. The van der Waals surface area contributed by atoms with Crippen LogP contribution in [-0.4, -0.2) is 84.7 Å². The largest absolute Gasteiger partial charge is 0.396 e. The number of hydrogen-bond acceptors (Lipinski definition) is 6. The fraction of sp³-hybridized carbons (Fsp3) is 0.957. The zero-order valence-corrected chi connectivity index (χ0v) is 20.3. The Labute approximate surface area is 184 Å². The molecule has 0 unspecified atom stereocenters. The van der Waals surface area contributed by atoms with E-state index in [9.17, 15) is 4.79 Å². The van der Waals surface area contributed by atoms with Gasteiger partial charge in [0.25, 0.3) is 0 Å². The van der Waals surface area contributed by atoms with Crippen LogP contribution in [0.5, 0.6) is 0 Å². The summed E-state index contributed by atoms with van der Waals surface area (Å²) >= 11 is 0. The Morgan fingerprint density at radius 2 is 1.50 bits per heavy atom. The Kier molecular flexibility index (Phi) is 16.5. The standard InChI is InChI=1S/C23H49N3O4/c1-22(2,3)26(15-9-6-7-13-24-21(29)19-28)20-23(4,5)25-14-8-11-17-30-18-12-10-16-27/h25,27-28H,6-20H2,1-5H3,(H,24,29). The van der Waals surface area contributed by atoms with Gasteiger partial charge in [0.2, 0.25) is 5.91 Å². The van der Waals surface area contributed by atoms with Crippen molar-refractivity contribution in [3.05, 3.63) is 0 Å². The van der Waals surface area contributed by atoms with Crippen molar-refractivity contribution in [3.63, 3.8) is 0 Å². The maximum Gasteiger partial charge on any atom is 0.245 e. The number of carbonyl (C=O) groups is 1. The Hall–Kier alpha value is -0.730. The highest BCUT2D eigenvalue weighted by Crippen LogP contribution is 2.18. The summed E-state index contributed by atoms with van der Waals surface area (Å²) in [5.41, 5.74) is 0.136. The lowest BCUT2D eigenvalue weighted by molar-refractivity contribution is -0.123. The lowest BCUT2D eigenvalue weighted by atomic mass is 9.98. The van der Waals surface area contributed by atoms with Gasteiger partial charge in [0.15, 0.2) is 0 Å². The van der Waals surface area contributed by atoms with Gasteiger partial charge in [-0.15, -0.1) is 0 Å². The molecule has 0 rings (SSSR count). The van der Waals surface area contributed by atoms with Crippen molar-refractivity contribution in [2.45, 2.75) is 90.6 Å². The van der Waals surface area contributed by atoms with E-state index in [-0.39, 0.29) is 23.6 Å². The molecule has 0 aromatic heterocycles. The molecule has 0 radical (unpaired) electrons. The van der Waals surface area contributed by atoms with Gasteiger partial charge in [0, 0.05) is 44.0 Å². The van der Waals surface area contributed by atoms with Gasteiger partial charge in [-0.25, -0.2) is 0 Å². The highest BCUT2D eigenvalue weighted by molar-refractivity contribution is 5.76. The molecule has 7 nitrogen and oxygen atoms in total. The van der Waals surface area contributed by atoms with E-state index in [1.54, 1.807) is 0 Å². The molecule has 0 saturated heterocycles. The Balaban J connectivity index is 4.08. The number of nitrogens with zero attached hydrogens (tertiary/aromatic N) is 1. The van der Waals surface area contributed by atoms with Crippen molar-refractivity contribution in [1.82, 2.24) is 15.5 Å². The zero-order chi connectivity index (χ0) is 22.9. The quantitative estimate of drug-likeness (QED) is 0.235. The third-order valence-corrected chi connectivity index (χ3v) is 5.12. The Morgan fingerprint density at radius 3 is 2.10 bits per heavy atom. The average Bonchev–Trinajstić information content (AvgIpc) is 2.67. The van der Waals surface area contributed by atoms with E-state index >= 15 is 0 Å². The molecule has 0 bridgehead atoms. The first-order chi connectivity index (χ1) is 14.1. The number of hydrogen-bond donors (Lipinski definition) is 4. The van der Waals surface area contributed by atoms with E-state index in [4.69, 9.17) is 14.9 Å². The number of unbranched alkanes of at least 4 members (excludes halogenated alkanes) is 4. The summed E-state index contributed by atoms with van der Waals surface area (Å²) < 4.78 is 5.59. The molecule has 0 saturated carbocycles. The first kappa shape index (κ1) is 29.3. The highest BCUT2D eigenvalue weighted by Gasteiger charge is 2.27. The molecule has 30 heavy (non-hydrogen) atoms. The number of rotatable bonds is 19. The lowest BCUT2D eigenvalue weighted by Crippen LogP contribution is -2.54. The van der Waals surface area contributed by atoms with Gasteiger partial charge in [0.1, 0.15) is 6.61 Å². The molecule has 0 aromatic rings. The molecule has 0 fully saturated rings. The molecule has 0 atom stereocenters. The number of nitrogens with one attached hydrogen (secondary N) is 2. The van der Waals surface area contributed by atoms with E-state index in [0.717, 1.165) is 77.8 Å². The van der Waals surface area contributed by atoms with E-state index in [0.29, 0.717) is 6.54 Å². The molecule has 0 aliphatic carbocycles. The SMILES string of the molecule is CC(C)(CN(CCCCCNC(=O)CO)C(C)(C)C)NCCCCOCCCCO. The van der Waals surface area contributed by atoms with Crippen molar-refractivity contribution in [1.29, 1.82) is 0 Å². The minimum Gasteiger partial charge on any atom is -0.396 e. The average molecular weight is 432 g/mol. The Morgan fingerprint density at radius 1 is 0.867 bits per heavy atom. The number of aliphatic hydroxyl groups is 2. The number of ether oxygens (including phenoxy) is 1. The van der Waals surface area contributed by atoms with Crippen LogP contribution in [0.25, 0.3) is 0 Å². The highest BCUT2D eigenvalue weighted by atomic mass is 16.5. The van der Waals surface area contributed by atoms with E-state index in [1.807, 2.05) is 0 Å². The van der Waals surface area contributed by atoms with Crippen molar-refractivity contribution in [2.75, 3.05) is 52.6 Å². The maximum atomic E-state index is 11.0. The normalized spacial score (nSPS) is 12.5. The number of amides is 1. The fourth-order valence-corrected chi connectivity index (χ4v) is 3.25. The van der Waals surface area contributed by atoms with Crippen molar-refractivity contribution >= 4 is 5.91 Å².